The van der Waals surface area contributed by atoms with E-state index in [1.165, 1.54) is 17.8 Å². The summed E-state index contributed by atoms with van der Waals surface area (Å²) < 4.78 is 1.66. The van der Waals surface area contributed by atoms with Gasteiger partial charge in [0.1, 0.15) is 0 Å². The maximum atomic E-state index is 11.0. The van der Waals surface area contributed by atoms with Crippen LogP contribution in [0.4, 0.5) is 0 Å². The summed E-state index contributed by atoms with van der Waals surface area (Å²) in [5, 5.41) is 18.6. The zero-order valence-electron chi connectivity index (χ0n) is 8.46. The van der Waals surface area contributed by atoms with E-state index in [-0.39, 0.29) is 18.7 Å². The van der Waals surface area contributed by atoms with E-state index in [4.69, 9.17) is 5.11 Å². The molecule has 0 unspecified atom stereocenters. The van der Waals surface area contributed by atoms with Gasteiger partial charge in [0.25, 0.3) is 5.56 Å². The van der Waals surface area contributed by atoms with E-state index < -0.39 is 6.10 Å². The van der Waals surface area contributed by atoms with E-state index in [2.05, 4.69) is 4.98 Å². The number of aliphatic hydroxyl groups is 2. The standard InChI is InChI=1S/C9H14N2O3S/c1-2-15-9-10-8(14)3-4-11(9)5-7(13)6-12/h3-4,7,12-13H,2,5-6H2,1H3/t7-/m0/s1. The zero-order valence-corrected chi connectivity index (χ0v) is 9.28. The number of rotatable bonds is 5. The molecule has 0 spiro atoms. The summed E-state index contributed by atoms with van der Waals surface area (Å²) in [6.45, 7) is 1.89. The quantitative estimate of drug-likeness (QED) is 0.537. The Balaban J connectivity index is 2.89. The maximum Gasteiger partial charge on any atom is 0.273 e. The molecule has 0 saturated carbocycles. The third-order valence-electron chi connectivity index (χ3n) is 1.74. The maximum absolute atomic E-state index is 11.0. The molecular weight excluding hydrogens is 216 g/mol. The first-order chi connectivity index (χ1) is 7.17. The van der Waals surface area contributed by atoms with Crippen molar-refractivity contribution in [2.75, 3.05) is 12.4 Å². The summed E-state index contributed by atoms with van der Waals surface area (Å²) in [5.74, 6) is 0.797. The summed E-state index contributed by atoms with van der Waals surface area (Å²) in [6.07, 6.45) is 0.747. The molecule has 1 rings (SSSR count). The van der Waals surface area contributed by atoms with Crippen molar-refractivity contribution in [2.24, 2.45) is 0 Å². The molecule has 0 bridgehead atoms. The smallest absolute Gasteiger partial charge is 0.273 e. The van der Waals surface area contributed by atoms with Gasteiger partial charge in [0.05, 0.1) is 19.3 Å². The summed E-state index contributed by atoms with van der Waals surface area (Å²) in [5.41, 5.74) is -0.291. The molecule has 0 saturated heterocycles. The molecule has 84 valence electrons. The Kier molecular flexibility index (Phi) is 4.80. The van der Waals surface area contributed by atoms with Gasteiger partial charge in [-0.3, -0.25) is 4.79 Å². The number of nitrogens with zero attached hydrogens (tertiary/aromatic N) is 2. The van der Waals surface area contributed by atoms with Crippen molar-refractivity contribution in [2.45, 2.75) is 24.7 Å². The molecule has 0 amide bonds. The number of aromatic nitrogens is 2. The minimum atomic E-state index is -0.828. The molecule has 15 heavy (non-hydrogen) atoms. The lowest BCUT2D eigenvalue weighted by molar-refractivity contribution is 0.0786. The molecule has 2 N–H and O–H groups in total. The van der Waals surface area contributed by atoms with Gasteiger partial charge in [-0.25, -0.2) is 0 Å². The van der Waals surface area contributed by atoms with E-state index >= 15 is 0 Å². The minimum absolute atomic E-state index is 0.242. The Morgan fingerprint density at radius 3 is 3.00 bits per heavy atom. The molecule has 0 aromatic carbocycles. The molecule has 1 aromatic rings. The van der Waals surface area contributed by atoms with Crippen LogP contribution in [0, 0.1) is 0 Å². The summed E-state index contributed by atoms with van der Waals surface area (Å²) >= 11 is 1.43. The van der Waals surface area contributed by atoms with E-state index in [1.54, 1.807) is 10.8 Å². The minimum Gasteiger partial charge on any atom is -0.394 e. The molecule has 5 nitrogen and oxygen atoms in total. The largest absolute Gasteiger partial charge is 0.394 e. The van der Waals surface area contributed by atoms with Crippen molar-refractivity contribution < 1.29 is 10.2 Å². The molecule has 0 aliphatic rings. The van der Waals surface area contributed by atoms with Crippen LogP contribution in [0.3, 0.4) is 0 Å². The van der Waals surface area contributed by atoms with Crippen LogP contribution in [-0.2, 0) is 6.54 Å². The predicted octanol–water partition coefficient (Wildman–Crippen LogP) is -0.291. The monoisotopic (exact) mass is 230 g/mol. The van der Waals surface area contributed by atoms with Crippen LogP contribution in [-0.4, -0.2) is 38.2 Å². The average Bonchev–Trinajstić information content (AvgIpc) is 2.22. The fourth-order valence-electron chi connectivity index (χ4n) is 1.08. The number of aliphatic hydroxyl groups excluding tert-OH is 2. The van der Waals surface area contributed by atoms with Crippen molar-refractivity contribution >= 4 is 11.8 Å². The summed E-state index contributed by atoms with van der Waals surface area (Å²) in [7, 11) is 0. The normalized spacial score (nSPS) is 12.7. The molecule has 1 atom stereocenters. The fraction of sp³-hybridized carbons (Fsp3) is 0.556. The lowest BCUT2D eigenvalue weighted by Gasteiger charge is -2.13. The van der Waals surface area contributed by atoms with Gasteiger partial charge in [0, 0.05) is 12.3 Å². The van der Waals surface area contributed by atoms with Crippen molar-refractivity contribution in [3.05, 3.63) is 22.6 Å². The first kappa shape index (κ1) is 12.2. The number of hydrogen-bond donors (Lipinski definition) is 2. The lowest BCUT2D eigenvalue weighted by Crippen LogP contribution is -2.23. The Morgan fingerprint density at radius 1 is 1.67 bits per heavy atom. The van der Waals surface area contributed by atoms with Gasteiger partial charge >= 0.3 is 0 Å². The van der Waals surface area contributed by atoms with Crippen molar-refractivity contribution in [3.8, 4) is 0 Å². The highest BCUT2D eigenvalue weighted by Crippen LogP contribution is 2.13. The molecule has 1 heterocycles. The second kappa shape index (κ2) is 5.89. The second-order valence-corrected chi connectivity index (χ2v) is 4.20. The van der Waals surface area contributed by atoms with Crippen LogP contribution in [0.25, 0.3) is 0 Å². The Labute approximate surface area is 91.8 Å². The topological polar surface area (TPSA) is 75.4 Å². The van der Waals surface area contributed by atoms with E-state index in [0.29, 0.717) is 5.16 Å². The Bertz CT molecular complexity index is 367. The van der Waals surface area contributed by atoms with Gasteiger partial charge in [0.2, 0.25) is 0 Å². The average molecular weight is 230 g/mol. The summed E-state index contributed by atoms with van der Waals surface area (Å²) in [4.78, 5) is 14.9. The van der Waals surface area contributed by atoms with E-state index in [1.807, 2.05) is 6.92 Å². The van der Waals surface area contributed by atoms with Crippen molar-refractivity contribution in [1.29, 1.82) is 0 Å². The van der Waals surface area contributed by atoms with Gasteiger partial charge in [-0.15, -0.1) is 0 Å². The first-order valence-corrected chi connectivity index (χ1v) is 5.65. The van der Waals surface area contributed by atoms with Gasteiger partial charge in [-0.05, 0) is 5.75 Å². The Hall–Kier alpha value is -0.850. The van der Waals surface area contributed by atoms with Crippen molar-refractivity contribution in [3.63, 3.8) is 0 Å². The third kappa shape index (κ3) is 3.65. The third-order valence-corrected chi connectivity index (χ3v) is 2.61. The van der Waals surface area contributed by atoms with Crippen LogP contribution in [0.2, 0.25) is 0 Å². The molecule has 6 heteroatoms. The predicted molar refractivity (Wildman–Crippen MR) is 58.0 cm³/mol. The van der Waals surface area contributed by atoms with Crippen LogP contribution >= 0.6 is 11.8 Å². The van der Waals surface area contributed by atoms with E-state index in [9.17, 15) is 9.90 Å². The molecule has 0 aliphatic heterocycles. The summed E-state index contributed by atoms with van der Waals surface area (Å²) in [6, 6.07) is 1.34. The highest BCUT2D eigenvalue weighted by Gasteiger charge is 2.07. The Morgan fingerprint density at radius 2 is 2.40 bits per heavy atom. The van der Waals surface area contributed by atoms with Gasteiger partial charge in [0.15, 0.2) is 5.16 Å². The van der Waals surface area contributed by atoms with Gasteiger partial charge in [-0.2, -0.15) is 4.98 Å². The molecular formula is C9H14N2O3S. The fourth-order valence-corrected chi connectivity index (χ4v) is 1.80. The number of hydrogen-bond acceptors (Lipinski definition) is 5. The molecule has 1 aromatic heterocycles. The molecule has 0 radical (unpaired) electrons. The zero-order chi connectivity index (χ0) is 11.3. The second-order valence-electron chi connectivity index (χ2n) is 2.97. The van der Waals surface area contributed by atoms with Crippen LogP contribution in [0.5, 0.6) is 0 Å². The highest BCUT2D eigenvalue weighted by molar-refractivity contribution is 7.99. The first-order valence-electron chi connectivity index (χ1n) is 4.66. The molecule has 0 fully saturated rings. The lowest BCUT2D eigenvalue weighted by atomic mass is 10.4. The highest BCUT2D eigenvalue weighted by atomic mass is 32.2. The van der Waals surface area contributed by atoms with Crippen LogP contribution in [0.15, 0.2) is 22.2 Å². The SMILES string of the molecule is CCSc1nc(=O)ccn1C[C@H](O)CO. The van der Waals surface area contributed by atoms with Gasteiger partial charge < -0.3 is 14.8 Å². The van der Waals surface area contributed by atoms with Crippen LogP contribution < -0.4 is 5.56 Å². The van der Waals surface area contributed by atoms with Crippen molar-refractivity contribution in [1.82, 2.24) is 9.55 Å². The van der Waals surface area contributed by atoms with Gasteiger partial charge in [-0.1, -0.05) is 18.7 Å². The van der Waals surface area contributed by atoms with E-state index in [0.717, 1.165) is 5.75 Å². The number of thioether (sulfide) groups is 1. The molecule has 0 aliphatic carbocycles. The van der Waals surface area contributed by atoms with Crippen LogP contribution in [0.1, 0.15) is 6.92 Å².